The van der Waals surface area contributed by atoms with Gasteiger partial charge in [0.05, 0.1) is 4.92 Å². The van der Waals surface area contributed by atoms with E-state index in [1.165, 1.54) is 12.1 Å². The Labute approximate surface area is 166 Å². The minimum absolute atomic E-state index is 0.184. The van der Waals surface area contributed by atoms with E-state index in [1.807, 2.05) is 12.1 Å². The van der Waals surface area contributed by atoms with Crippen LogP contribution < -0.4 is 20.3 Å². The summed E-state index contributed by atoms with van der Waals surface area (Å²) in [5.41, 5.74) is 1.21. The van der Waals surface area contributed by atoms with Crippen LogP contribution in [0.5, 0.6) is 5.75 Å². The Morgan fingerprint density at radius 3 is 2.48 bits per heavy atom. The summed E-state index contributed by atoms with van der Waals surface area (Å²) in [6.45, 7) is 2.91. The van der Waals surface area contributed by atoms with Crippen LogP contribution in [-0.2, 0) is 4.79 Å². The Bertz CT molecular complexity index is 909. The van der Waals surface area contributed by atoms with Gasteiger partial charge in [0.1, 0.15) is 0 Å². The topological polar surface area (TPSA) is 134 Å². The lowest BCUT2D eigenvalue weighted by Gasteiger charge is -2.29. The smallest absolute Gasteiger partial charge is 0.341 e. The van der Waals surface area contributed by atoms with Crippen LogP contribution in [0.1, 0.15) is 10.4 Å². The maximum absolute atomic E-state index is 12.5. The van der Waals surface area contributed by atoms with Gasteiger partial charge in [0.2, 0.25) is 0 Å². The number of carboxylic acids is 1. The Kier molecular flexibility index (Phi) is 6.25. The number of hydrogen-bond donors (Lipinski definition) is 3. The molecule has 10 heteroatoms. The third-order valence-corrected chi connectivity index (χ3v) is 4.38. The van der Waals surface area contributed by atoms with E-state index in [2.05, 4.69) is 15.5 Å². The van der Waals surface area contributed by atoms with E-state index in [0.29, 0.717) is 5.56 Å². The van der Waals surface area contributed by atoms with E-state index >= 15 is 0 Å². The highest BCUT2D eigenvalue weighted by Gasteiger charge is 2.18. The number of amides is 1. The van der Waals surface area contributed by atoms with Gasteiger partial charge in [0, 0.05) is 49.2 Å². The average Bonchev–Trinajstić information content (AvgIpc) is 2.73. The second-order valence-electron chi connectivity index (χ2n) is 6.36. The average molecular weight is 400 g/mol. The summed E-state index contributed by atoms with van der Waals surface area (Å²) in [5, 5.41) is 25.8. The molecule has 0 unspecified atom stereocenters. The normalized spacial score (nSPS) is 13.6. The van der Waals surface area contributed by atoms with E-state index in [-0.39, 0.29) is 11.4 Å². The Morgan fingerprint density at radius 2 is 1.86 bits per heavy atom. The van der Waals surface area contributed by atoms with E-state index in [9.17, 15) is 19.7 Å². The van der Waals surface area contributed by atoms with Crippen molar-refractivity contribution in [3.63, 3.8) is 0 Å². The number of carboxylic acid groups (broad SMARTS) is 1. The number of piperazine rings is 1. The van der Waals surface area contributed by atoms with Gasteiger partial charge < -0.3 is 25.4 Å². The van der Waals surface area contributed by atoms with Gasteiger partial charge in [-0.1, -0.05) is 0 Å². The van der Waals surface area contributed by atoms with Crippen molar-refractivity contribution in [2.75, 3.05) is 43.0 Å². The highest BCUT2D eigenvalue weighted by atomic mass is 16.6. The van der Waals surface area contributed by atoms with Gasteiger partial charge in [-0.2, -0.15) is 0 Å². The fourth-order valence-corrected chi connectivity index (χ4v) is 2.95. The number of nitrogens with zero attached hydrogens (tertiary/aromatic N) is 2. The largest absolute Gasteiger partial charge is 0.479 e. The highest BCUT2D eigenvalue weighted by molar-refractivity contribution is 6.04. The predicted octanol–water partition coefficient (Wildman–Crippen LogP) is 1.72. The van der Waals surface area contributed by atoms with Crippen molar-refractivity contribution in [2.45, 2.75) is 0 Å². The Balaban J connectivity index is 1.70. The summed E-state index contributed by atoms with van der Waals surface area (Å²) in [4.78, 5) is 35.8. The summed E-state index contributed by atoms with van der Waals surface area (Å²) in [5.74, 6) is -1.85. The molecule has 3 rings (SSSR count). The van der Waals surface area contributed by atoms with Crippen LogP contribution in [0.4, 0.5) is 17.1 Å². The fraction of sp³-hybridized carbons (Fsp3) is 0.263. The third-order valence-electron chi connectivity index (χ3n) is 4.38. The standard InChI is InChI=1S/C19H20N4O6/c24-18(25)12-29-17-6-3-14(11-16(17)23(27)28)21-19(26)13-1-4-15(5-2-13)22-9-7-20-8-10-22/h1-6,11,20H,7-10,12H2,(H,21,26)(H,24,25). The Hall–Kier alpha value is -3.66. The van der Waals surface area contributed by atoms with Crippen LogP contribution >= 0.6 is 0 Å². The second-order valence-corrected chi connectivity index (χ2v) is 6.36. The zero-order chi connectivity index (χ0) is 20.8. The summed E-state index contributed by atoms with van der Waals surface area (Å²) >= 11 is 0. The van der Waals surface area contributed by atoms with Crippen LogP contribution in [0.3, 0.4) is 0 Å². The molecular weight excluding hydrogens is 380 g/mol. The zero-order valence-electron chi connectivity index (χ0n) is 15.5. The summed E-state index contributed by atoms with van der Waals surface area (Å²) < 4.78 is 4.91. The SMILES string of the molecule is O=C(O)COc1ccc(NC(=O)c2ccc(N3CCNCC3)cc2)cc1[N+](=O)[O-]. The number of carbonyl (C=O) groups is 2. The number of rotatable bonds is 7. The number of anilines is 2. The fourth-order valence-electron chi connectivity index (χ4n) is 2.95. The molecule has 0 bridgehead atoms. The van der Waals surface area contributed by atoms with Crippen LogP contribution in [0.15, 0.2) is 42.5 Å². The summed E-state index contributed by atoms with van der Waals surface area (Å²) in [7, 11) is 0. The van der Waals surface area contributed by atoms with Crippen LogP contribution in [0.2, 0.25) is 0 Å². The maximum Gasteiger partial charge on any atom is 0.341 e. The van der Waals surface area contributed by atoms with Gasteiger partial charge in [-0.3, -0.25) is 14.9 Å². The molecule has 1 aliphatic heterocycles. The molecule has 0 saturated carbocycles. The quantitative estimate of drug-likeness (QED) is 0.472. The highest BCUT2D eigenvalue weighted by Crippen LogP contribution is 2.30. The molecule has 0 atom stereocenters. The molecule has 29 heavy (non-hydrogen) atoms. The lowest BCUT2D eigenvalue weighted by atomic mass is 10.1. The predicted molar refractivity (Wildman–Crippen MR) is 106 cm³/mol. The molecule has 1 heterocycles. The molecule has 1 aliphatic rings. The molecule has 1 saturated heterocycles. The van der Waals surface area contributed by atoms with Crippen LogP contribution in [-0.4, -0.2) is 54.7 Å². The molecule has 0 aliphatic carbocycles. The van der Waals surface area contributed by atoms with Crippen molar-refractivity contribution in [1.29, 1.82) is 0 Å². The van der Waals surface area contributed by atoms with Crippen molar-refractivity contribution in [3.8, 4) is 5.75 Å². The molecule has 0 aromatic heterocycles. The van der Waals surface area contributed by atoms with Gasteiger partial charge in [0.25, 0.3) is 5.91 Å². The van der Waals surface area contributed by atoms with E-state index < -0.39 is 29.1 Å². The van der Waals surface area contributed by atoms with Crippen molar-refractivity contribution in [2.24, 2.45) is 0 Å². The molecule has 10 nitrogen and oxygen atoms in total. The minimum Gasteiger partial charge on any atom is -0.479 e. The van der Waals surface area contributed by atoms with Gasteiger partial charge in [-0.05, 0) is 36.4 Å². The first-order chi connectivity index (χ1) is 13.9. The molecule has 0 radical (unpaired) electrons. The molecule has 152 valence electrons. The molecule has 1 amide bonds. The van der Waals surface area contributed by atoms with Crippen molar-refractivity contribution >= 4 is 28.9 Å². The number of benzene rings is 2. The van der Waals surface area contributed by atoms with Crippen molar-refractivity contribution in [3.05, 3.63) is 58.1 Å². The number of ether oxygens (including phenoxy) is 1. The second kappa shape index (κ2) is 9.02. The lowest BCUT2D eigenvalue weighted by molar-refractivity contribution is -0.385. The van der Waals surface area contributed by atoms with Crippen molar-refractivity contribution < 1.29 is 24.4 Å². The zero-order valence-corrected chi connectivity index (χ0v) is 15.5. The maximum atomic E-state index is 12.5. The number of nitro groups is 1. The number of hydrogen-bond acceptors (Lipinski definition) is 7. The van der Waals surface area contributed by atoms with Gasteiger partial charge >= 0.3 is 11.7 Å². The van der Waals surface area contributed by atoms with Gasteiger partial charge in [-0.15, -0.1) is 0 Å². The molecule has 1 fully saturated rings. The van der Waals surface area contributed by atoms with Gasteiger partial charge in [0.15, 0.2) is 12.4 Å². The number of aliphatic carboxylic acids is 1. The summed E-state index contributed by atoms with van der Waals surface area (Å²) in [6.07, 6.45) is 0. The third kappa shape index (κ3) is 5.20. The van der Waals surface area contributed by atoms with E-state index in [0.717, 1.165) is 37.9 Å². The lowest BCUT2D eigenvalue weighted by Crippen LogP contribution is -2.43. The van der Waals surface area contributed by atoms with Crippen LogP contribution in [0.25, 0.3) is 0 Å². The molecular formula is C19H20N4O6. The monoisotopic (exact) mass is 400 g/mol. The van der Waals surface area contributed by atoms with Crippen LogP contribution in [0, 0.1) is 10.1 Å². The number of carbonyl (C=O) groups excluding carboxylic acids is 1. The molecule has 3 N–H and O–H groups in total. The minimum atomic E-state index is -1.25. The molecule has 0 spiro atoms. The Morgan fingerprint density at radius 1 is 1.17 bits per heavy atom. The number of nitro benzene ring substituents is 1. The number of nitrogens with one attached hydrogen (secondary N) is 2. The first-order valence-electron chi connectivity index (χ1n) is 8.94. The molecule has 2 aromatic carbocycles. The van der Waals surface area contributed by atoms with Gasteiger partial charge in [-0.25, -0.2) is 4.79 Å². The van der Waals surface area contributed by atoms with E-state index in [4.69, 9.17) is 9.84 Å². The first-order valence-corrected chi connectivity index (χ1v) is 8.94. The van der Waals surface area contributed by atoms with E-state index in [1.54, 1.807) is 12.1 Å². The summed E-state index contributed by atoms with van der Waals surface area (Å²) in [6, 6.07) is 10.9. The first kappa shape index (κ1) is 20.1. The van der Waals surface area contributed by atoms with Crippen molar-refractivity contribution in [1.82, 2.24) is 5.32 Å². The molecule has 2 aromatic rings.